The number of carbonyl (C=O) groups is 1. The van der Waals surface area contributed by atoms with Crippen molar-refractivity contribution in [2.45, 2.75) is 24.2 Å². The fourth-order valence-electron chi connectivity index (χ4n) is 2.18. The molecule has 0 aliphatic rings. The number of sulfone groups is 1. The van der Waals surface area contributed by atoms with Crippen LogP contribution in [0.2, 0.25) is 0 Å². The Bertz CT molecular complexity index is 823. The van der Waals surface area contributed by atoms with Gasteiger partial charge >= 0.3 is 0 Å². The molecule has 2 aromatic rings. The number of amides is 1. The highest BCUT2D eigenvalue weighted by Crippen LogP contribution is 2.18. The van der Waals surface area contributed by atoms with Gasteiger partial charge in [0.1, 0.15) is 5.75 Å². The summed E-state index contributed by atoms with van der Waals surface area (Å²) in [5, 5.41) is 2.78. The molecule has 26 heavy (non-hydrogen) atoms. The highest BCUT2D eigenvalue weighted by Gasteiger charge is 2.07. The van der Waals surface area contributed by atoms with Crippen LogP contribution < -0.4 is 15.8 Å². The maximum atomic E-state index is 11.9. The van der Waals surface area contributed by atoms with Gasteiger partial charge < -0.3 is 15.8 Å². The van der Waals surface area contributed by atoms with Crippen molar-refractivity contribution < 1.29 is 17.9 Å². The predicted molar refractivity (Wildman–Crippen MR) is 106 cm³/mol. The minimum absolute atomic E-state index is 0. The quantitative estimate of drug-likeness (QED) is 0.525. The van der Waals surface area contributed by atoms with Crippen LogP contribution in [0.15, 0.2) is 53.4 Å². The van der Waals surface area contributed by atoms with Crippen LogP contribution in [0.3, 0.4) is 0 Å². The van der Waals surface area contributed by atoms with Crippen molar-refractivity contribution in [3.8, 4) is 5.75 Å². The average Bonchev–Trinajstić information content (AvgIpc) is 2.56. The van der Waals surface area contributed by atoms with E-state index in [-0.39, 0.29) is 23.2 Å². The first kappa shape index (κ1) is 21.8. The molecule has 1 amide bonds. The lowest BCUT2D eigenvalue weighted by molar-refractivity contribution is -0.116. The van der Waals surface area contributed by atoms with Crippen LogP contribution in [0.4, 0.5) is 11.4 Å². The van der Waals surface area contributed by atoms with Crippen molar-refractivity contribution in [2.24, 2.45) is 0 Å². The molecule has 0 saturated carbocycles. The smallest absolute Gasteiger partial charge is 0.224 e. The molecule has 0 aromatic heterocycles. The second-order valence-electron chi connectivity index (χ2n) is 5.68. The van der Waals surface area contributed by atoms with Crippen LogP contribution in [-0.2, 0) is 14.6 Å². The molecule has 0 aliphatic heterocycles. The molecule has 0 aliphatic carbocycles. The molecule has 0 unspecified atom stereocenters. The highest BCUT2D eigenvalue weighted by molar-refractivity contribution is 7.90. The minimum atomic E-state index is -3.20. The van der Waals surface area contributed by atoms with Crippen LogP contribution in [0, 0.1) is 0 Å². The molecule has 2 rings (SSSR count). The third kappa shape index (κ3) is 6.93. The summed E-state index contributed by atoms with van der Waals surface area (Å²) >= 11 is 0. The van der Waals surface area contributed by atoms with Crippen LogP contribution in [0.5, 0.6) is 5.75 Å². The monoisotopic (exact) mass is 398 g/mol. The molecule has 0 atom stereocenters. The summed E-state index contributed by atoms with van der Waals surface area (Å²) in [4.78, 5) is 12.1. The van der Waals surface area contributed by atoms with E-state index in [4.69, 9.17) is 10.5 Å². The van der Waals surface area contributed by atoms with E-state index in [2.05, 4.69) is 5.32 Å². The Morgan fingerprint density at radius 1 is 1.08 bits per heavy atom. The zero-order valence-electron chi connectivity index (χ0n) is 14.5. The van der Waals surface area contributed by atoms with Crippen LogP contribution in [0.25, 0.3) is 0 Å². The number of ether oxygens (including phenoxy) is 1. The van der Waals surface area contributed by atoms with E-state index in [0.29, 0.717) is 43.0 Å². The summed E-state index contributed by atoms with van der Waals surface area (Å²) in [6, 6.07) is 13.4. The van der Waals surface area contributed by atoms with Crippen LogP contribution in [-0.4, -0.2) is 27.2 Å². The standard InChI is InChI=1S/C18H22N2O4S.ClH/c1-25(22,23)15-11-9-14(10-12-15)24-13-5-4-8-18(21)20-17-7-3-2-6-16(17)19;/h2-3,6-7,9-12H,4-5,8,13,19H2,1H3,(H,20,21);1H. The third-order valence-corrected chi connectivity index (χ3v) is 4.68. The summed E-state index contributed by atoms with van der Waals surface area (Å²) in [6.45, 7) is 0.457. The van der Waals surface area contributed by atoms with Crippen molar-refractivity contribution in [2.75, 3.05) is 23.9 Å². The SMILES string of the molecule is CS(=O)(=O)c1ccc(OCCCCC(=O)Nc2ccccc2N)cc1.Cl. The average molecular weight is 399 g/mol. The number of anilines is 2. The number of para-hydroxylation sites is 2. The van der Waals surface area contributed by atoms with Gasteiger partial charge in [-0.25, -0.2) is 8.42 Å². The Hall–Kier alpha value is -2.25. The number of nitrogen functional groups attached to an aromatic ring is 1. The van der Waals surface area contributed by atoms with E-state index in [9.17, 15) is 13.2 Å². The van der Waals surface area contributed by atoms with Crippen LogP contribution in [0.1, 0.15) is 19.3 Å². The highest BCUT2D eigenvalue weighted by atomic mass is 35.5. The number of carbonyl (C=O) groups excluding carboxylic acids is 1. The van der Waals surface area contributed by atoms with Gasteiger partial charge in [0.25, 0.3) is 0 Å². The fourth-order valence-corrected chi connectivity index (χ4v) is 2.81. The number of nitrogens with one attached hydrogen (secondary N) is 1. The molecule has 0 bridgehead atoms. The Labute approximate surface area is 160 Å². The Balaban J connectivity index is 0.00000338. The van der Waals surface area contributed by atoms with Gasteiger partial charge in [-0.05, 0) is 49.2 Å². The summed E-state index contributed by atoms with van der Waals surface area (Å²) < 4.78 is 28.3. The number of hydrogen-bond donors (Lipinski definition) is 2. The van der Waals surface area contributed by atoms with E-state index < -0.39 is 9.84 Å². The predicted octanol–water partition coefficient (Wildman–Crippen LogP) is 3.28. The van der Waals surface area contributed by atoms with Gasteiger partial charge in [0.05, 0.1) is 22.9 Å². The van der Waals surface area contributed by atoms with Crippen molar-refractivity contribution in [3.05, 3.63) is 48.5 Å². The molecule has 0 spiro atoms. The van der Waals surface area contributed by atoms with E-state index in [1.807, 2.05) is 12.1 Å². The van der Waals surface area contributed by atoms with Gasteiger partial charge in [-0.3, -0.25) is 4.79 Å². The van der Waals surface area contributed by atoms with Gasteiger partial charge in [-0.2, -0.15) is 0 Å². The number of nitrogens with two attached hydrogens (primary N) is 1. The molecule has 142 valence electrons. The molecule has 0 fully saturated rings. The Morgan fingerprint density at radius 3 is 2.35 bits per heavy atom. The van der Waals surface area contributed by atoms with E-state index in [1.165, 1.54) is 12.1 Å². The maximum absolute atomic E-state index is 11.9. The first-order valence-electron chi connectivity index (χ1n) is 7.93. The molecule has 0 heterocycles. The molecule has 0 saturated heterocycles. The van der Waals surface area contributed by atoms with Gasteiger partial charge in [-0.1, -0.05) is 12.1 Å². The minimum Gasteiger partial charge on any atom is -0.494 e. The lowest BCUT2D eigenvalue weighted by atomic mass is 10.2. The van der Waals surface area contributed by atoms with Crippen molar-refractivity contribution in [3.63, 3.8) is 0 Å². The lowest BCUT2D eigenvalue weighted by Gasteiger charge is -2.08. The molecule has 6 nitrogen and oxygen atoms in total. The van der Waals surface area contributed by atoms with Crippen molar-refractivity contribution >= 4 is 39.5 Å². The zero-order chi connectivity index (χ0) is 18.3. The zero-order valence-corrected chi connectivity index (χ0v) is 16.1. The molecule has 3 N–H and O–H groups in total. The summed E-state index contributed by atoms with van der Waals surface area (Å²) in [6.07, 6.45) is 2.94. The van der Waals surface area contributed by atoms with Crippen molar-refractivity contribution in [1.29, 1.82) is 0 Å². The fraction of sp³-hybridized carbons (Fsp3) is 0.278. The topological polar surface area (TPSA) is 98.5 Å². The van der Waals surface area contributed by atoms with Gasteiger partial charge in [0.2, 0.25) is 5.91 Å². The van der Waals surface area contributed by atoms with Gasteiger partial charge in [0.15, 0.2) is 9.84 Å². The van der Waals surface area contributed by atoms with Crippen LogP contribution >= 0.6 is 12.4 Å². The molecule has 2 aromatic carbocycles. The maximum Gasteiger partial charge on any atom is 0.224 e. The molecular formula is C18H23ClN2O4S. The molecule has 8 heteroatoms. The normalized spacial score (nSPS) is 10.7. The Morgan fingerprint density at radius 2 is 1.73 bits per heavy atom. The summed E-state index contributed by atoms with van der Waals surface area (Å²) in [7, 11) is -3.20. The first-order valence-corrected chi connectivity index (χ1v) is 9.82. The third-order valence-electron chi connectivity index (χ3n) is 3.55. The number of hydrogen-bond acceptors (Lipinski definition) is 5. The van der Waals surface area contributed by atoms with Crippen molar-refractivity contribution in [1.82, 2.24) is 0 Å². The number of halogens is 1. The van der Waals surface area contributed by atoms with Gasteiger partial charge in [-0.15, -0.1) is 12.4 Å². The largest absolute Gasteiger partial charge is 0.494 e. The number of rotatable bonds is 8. The Kier molecular flexibility index (Phi) is 8.41. The molecule has 0 radical (unpaired) electrons. The van der Waals surface area contributed by atoms with E-state index in [1.54, 1.807) is 24.3 Å². The summed E-state index contributed by atoms with van der Waals surface area (Å²) in [5.41, 5.74) is 6.93. The lowest BCUT2D eigenvalue weighted by Crippen LogP contribution is -2.12. The second-order valence-corrected chi connectivity index (χ2v) is 7.70. The molecular weight excluding hydrogens is 376 g/mol. The van der Waals surface area contributed by atoms with E-state index in [0.717, 1.165) is 6.26 Å². The number of unbranched alkanes of at least 4 members (excludes halogenated alkanes) is 1. The summed E-state index contributed by atoms with van der Waals surface area (Å²) in [5.74, 6) is 0.518. The van der Waals surface area contributed by atoms with Gasteiger partial charge in [0, 0.05) is 12.7 Å². The number of benzene rings is 2. The van der Waals surface area contributed by atoms with E-state index >= 15 is 0 Å². The first-order chi connectivity index (χ1) is 11.9. The second kappa shape index (κ2) is 10.0.